The number of amides is 1. The number of methoxy groups -OCH3 is 1. The molecule has 1 fully saturated rings. The maximum Gasteiger partial charge on any atom is 0.266 e. The Bertz CT molecular complexity index is 1040. The van der Waals surface area contributed by atoms with Gasteiger partial charge in [0.15, 0.2) is 0 Å². The zero-order valence-corrected chi connectivity index (χ0v) is 17.7. The molecule has 7 heteroatoms. The van der Waals surface area contributed by atoms with E-state index in [1.165, 1.54) is 23.5 Å². The first-order valence-corrected chi connectivity index (χ1v) is 10.7. The standard InChI is InChI=1S/C23H23FN2O3S/c1-15-22(30-21(25-15)14-29-18-10-8-17(24)9-11-18)23(27)26-12-4-7-20(26)16-5-3-6-19(13-16)28-2/h3,5-6,8-11,13,20H,4,7,12,14H2,1-2H3/t20-/m1/s1. The molecule has 0 saturated carbocycles. The van der Waals surface area contributed by atoms with Gasteiger partial charge in [-0.3, -0.25) is 4.79 Å². The number of carbonyl (C=O) groups excluding carboxylic acids is 1. The molecule has 5 nitrogen and oxygen atoms in total. The van der Waals surface area contributed by atoms with Gasteiger partial charge in [-0.25, -0.2) is 9.37 Å². The minimum absolute atomic E-state index is 0.00310. The Kier molecular flexibility index (Phi) is 5.99. The molecule has 3 aromatic rings. The van der Waals surface area contributed by atoms with E-state index in [9.17, 15) is 9.18 Å². The van der Waals surface area contributed by atoms with Crippen molar-refractivity contribution in [2.75, 3.05) is 13.7 Å². The molecule has 0 unspecified atom stereocenters. The largest absolute Gasteiger partial charge is 0.497 e. The van der Waals surface area contributed by atoms with Gasteiger partial charge in [-0.15, -0.1) is 11.3 Å². The van der Waals surface area contributed by atoms with E-state index in [1.54, 1.807) is 19.2 Å². The number of carbonyl (C=O) groups is 1. The molecule has 156 valence electrons. The first kappa shape index (κ1) is 20.3. The Morgan fingerprint density at radius 2 is 2.03 bits per heavy atom. The van der Waals surface area contributed by atoms with Gasteiger partial charge in [0.2, 0.25) is 0 Å². The smallest absolute Gasteiger partial charge is 0.266 e. The summed E-state index contributed by atoms with van der Waals surface area (Å²) in [5.74, 6) is 1.05. The first-order valence-electron chi connectivity index (χ1n) is 9.84. The van der Waals surface area contributed by atoms with Crippen LogP contribution < -0.4 is 9.47 Å². The lowest BCUT2D eigenvalue weighted by Crippen LogP contribution is -2.30. The normalized spacial score (nSPS) is 16.0. The minimum atomic E-state index is -0.309. The number of aryl methyl sites for hydroxylation is 1. The summed E-state index contributed by atoms with van der Waals surface area (Å²) in [6.07, 6.45) is 1.89. The van der Waals surface area contributed by atoms with Gasteiger partial charge in [0.25, 0.3) is 5.91 Å². The van der Waals surface area contributed by atoms with E-state index in [2.05, 4.69) is 4.98 Å². The number of hydrogen-bond donors (Lipinski definition) is 0. The highest BCUT2D eigenvalue weighted by Crippen LogP contribution is 2.35. The molecular formula is C23H23FN2O3S. The Hall–Kier alpha value is -2.93. The van der Waals surface area contributed by atoms with Crippen molar-refractivity contribution in [2.45, 2.75) is 32.4 Å². The number of aromatic nitrogens is 1. The average molecular weight is 427 g/mol. The van der Waals surface area contributed by atoms with Gasteiger partial charge in [0.05, 0.1) is 18.8 Å². The van der Waals surface area contributed by atoms with Crippen LogP contribution in [0.3, 0.4) is 0 Å². The molecule has 1 aliphatic rings. The molecule has 0 bridgehead atoms. The average Bonchev–Trinajstić information content (AvgIpc) is 3.40. The number of likely N-dealkylation sites (tertiary alicyclic amines) is 1. The maximum absolute atomic E-state index is 13.3. The number of hydrogen-bond acceptors (Lipinski definition) is 5. The Balaban J connectivity index is 1.49. The predicted molar refractivity (Wildman–Crippen MR) is 114 cm³/mol. The van der Waals surface area contributed by atoms with E-state index in [4.69, 9.17) is 9.47 Å². The zero-order valence-electron chi connectivity index (χ0n) is 16.9. The minimum Gasteiger partial charge on any atom is -0.497 e. The van der Waals surface area contributed by atoms with Gasteiger partial charge < -0.3 is 14.4 Å². The second-order valence-corrected chi connectivity index (χ2v) is 8.28. The number of benzene rings is 2. The monoisotopic (exact) mass is 426 g/mol. The van der Waals surface area contributed by atoms with E-state index >= 15 is 0 Å². The highest BCUT2D eigenvalue weighted by molar-refractivity contribution is 7.13. The second kappa shape index (κ2) is 8.83. The van der Waals surface area contributed by atoms with Crippen LogP contribution in [0.1, 0.15) is 44.8 Å². The SMILES string of the molecule is COc1cccc([C@H]2CCCN2C(=O)c2sc(COc3ccc(F)cc3)nc2C)c1. The summed E-state index contributed by atoms with van der Waals surface area (Å²) in [4.78, 5) is 20.4. The summed E-state index contributed by atoms with van der Waals surface area (Å²) < 4.78 is 24.0. The topological polar surface area (TPSA) is 51.7 Å². The molecule has 1 aromatic heterocycles. The predicted octanol–water partition coefficient (Wildman–Crippen LogP) is 5.16. The number of thiazole rings is 1. The molecule has 1 saturated heterocycles. The molecule has 0 radical (unpaired) electrons. The summed E-state index contributed by atoms with van der Waals surface area (Å²) in [7, 11) is 1.65. The highest BCUT2D eigenvalue weighted by Gasteiger charge is 2.32. The fourth-order valence-electron chi connectivity index (χ4n) is 3.72. The van der Waals surface area contributed by atoms with Crippen LogP contribution in [0.4, 0.5) is 4.39 Å². The summed E-state index contributed by atoms with van der Waals surface area (Å²) >= 11 is 1.36. The van der Waals surface area contributed by atoms with Crippen molar-refractivity contribution in [3.63, 3.8) is 0 Å². The fourth-order valence-corrected chi connectivity index (χ4v) is 4.66. The first-order chi connectivity index (χ1) is 14.5. The van der Waals surface area contributed by atoms with Crippen LogP contribution in [0.2, 0.25) is 0 Å². The summed E-state index contributed by atoms with van der Waals surface area (Å²) in [5.41, 5.74) is 1.79. The van der Waals surface area contributed by atoms with Gasteiger partial charge in [-0.05, 0) is 61.7 Å². The van der Waals surface area contributed by atoms with Crippen LogP contribution in [0, 0.1) is 12.7 Å². The van der Waals surface area contributed by atoms with Crippen molar-refractivity contribution in [1.29, 1.82) is 0 Å². The maximum atomic E-state index is 13.3. The lowest BCUT2D eigenvalue weighted by Gasteiger charge is -2.25. The van der Waals surface area contributed by atoms with Gasteiger partial charge >= 0.3 is 0 Å². The van der Waals surface area contributed by atoms with E-state index in [-0.39, 0.29) is 24.4 Å². The zero-order chi connectivity index (χ0) is 21.1. The molecule has 2 aromatic carbocycles. The van der Waals surface area contributed by atoms with E-state index < -0.39 is 0 Å². The molecule has 1 aliphatic heterocycles. The van der Waals surface area contributed by atoms with Crippen LogP contribution >= 0.6 is 11.3 Å². The van der Waals surface area contributed by atoms with Crippen molar-refractivity contribution in [1.82, 2.24) is 9.88 Å². The van der Waals surface area contributed by atoms with Crippen molar-refractivity contribution >= 4 is 17.2 Å². The van der Waals surface area contributed by atoms with Crippen LogP contribution in [0.25, 0.3) is 0 Å². The summed E-state index contributed by atoms with van der Waals surface area (Å²) in [6, 6.07) is 13.8. The number of nitrogens with zero attached hydrogens (tertiary/aromatic N) is 2. The lowest BCUT2D eigenvalue weighted by molar-refractivity contribution is 0.0739. The van der Waals surface area contributed by atoms with Gasteiger partial charge in [-0.1, -0.05) is 12.1 Å². The van der Waals surface area contributed by atoms with Crippen LogP contribution in [0.5, 0.6) is 11.5 Å². The number of ether oxygens (including phenoxy) is 2. The van der Waals surface area contributed by atoms with Crippen LogP contribution in [0.15, 0.2) is 48.5 Å². The fraction of sp³-hybridized carbons (Fsp3) is 0.304. The molecule has 1 atom stereocenters. The number of halogens is 1. The molecule has 0 N–H and O–H groups in total. The second-order valence-electron chi connectivity index (χ2n) is 7.20. The van der Waals surface area contributed by atoms with Gasteiger partial charge in [-0.2, -0.15) is 0 Å². The van der Waals surface area contributed by atoms with Crippen molar-refractivity contribution in [3.05, 3.63) is 75.5 Å². The third kappa shape index (κ3) is 4.31. The molecular weight excluding hydrogens is 403 g/mol. The van der Waals surface area contributed by atoms with Gasteiger partial charge in [0.1, 0.15) is 33.8 Å². The van der Waals surface area contributed by atoms with Crippen molar-refractivity contribution < 1.29 is 18.7 Å². The number of rotatable bonds is 6. The highest BCUT2D eigenvalue weighted by atomic mass is 32.1. The van der Waals surface area contributed by atoms with Gasteiger partial charge in [0, 0.05) is 6.54 Å². The van der Waals surface area contributed by atoms with E-state index in [0.29, 0.717) is 16.3 Å². The van der Waals surface area contributed by atoms with Crippen LogP contribution in [-0.2, 0) is 6.61 Å². The Morgan fingerprint density at radius 1 is 1.23 bits per heavy atom. The Labute approximate surface area is 179 Å². The molecule has 0 aliphatic carbocycles. The molecule has 30 heavy (non-hydrogen) atoms. The lowest BCUT2D eigenvalue weighted by atomic mass is 10.0. The van der Waals surface area contributed by atoms with Crippen molar-refractivity contribution in [3.8, 4) is 11.5 Å². The summed E-state index contributed by atoms with van der Waals surface area (Å²) in [6.45, 7) is 2.81. The quantitative estimate of drug-likeness (QED) is 0.547. The molecule has 2 heterocycles. The molecule has 1 amide bonds. The third-order valence-electron chi connectivity index (χ3n) is 5.20. The third-order valence-corrected chi connectivity index (χ3v) is 6.32. The van der Waals surface area contributed by atoms with E-state index in [0.717, 1.165) is 35.7 Å². The molecule has 0 spiro atoms. The van der Waals surface area contributed by atoms with Crippen molar-refractivity contribution in [2.24, 2.45) is 0 Å². The molecule has 4 rings (SSSR count). The Morgan fingerprint density at radius 3 is 2.80 bits per heavy atom. The summed E-state index contributed by atoms with van der Waals surface area (Å²) in [5, 5.41) is 0.720. The van der Waals surface area contributed by atoms with E-state index in [1.807, 2.05) is 36.1 Å². The van der Waals surface area contributed by atoms with Crippen LogP contribution in [-0.4, -0.2) is 29.4 Å².